The van der Waals surface area contributed by atoms with Gasteiger partial charge in [-0.25, -0.2) is 50.1 Å². The number of ketones is 4. The van der Waals surface area contributed by atoms with Gasteiger partial charge in [-0.1, -0.05) is 53.5 Å². The molecule has 0 saturated heterocycles. The summed E-state index contributed by atoms with van der Waals surface area (Å²) in [7, 11) is 1.10. The van der Waals surface area contributed by atoms with Crippen LogP contribution < -0.4 is 135 Å². The molecule has 11 aromatic heterocycles. The molecule has 11 aromatic rings. The summed E-state index contributed by atoms with van der Waals surface area (Å²) in [5, 5.41) is 66.2. The maximum absolute atomic E-state index is 11.6. The zero-order valence-corrected chi connectivity index (χ0v) is 65.6. The molecule has 5 N–H and O–H groups in total. The van der Waals surface area contributed by atoms with Gasteiger partial charge < -0.3 is 29.6 Å². The minimum Gasteiger partial charge on any atom is -0.550 e. The Labute approximate surface area is 695 Å². The Morgan fingerprint density at radius 2 is 0.625 bits per heavy atom. The minimum atomic E-state index is -3.22. The molecule has 524 valence electrons. The first-order chi connectivity index (χ1) is 48.4. The molecule has 0 aromatic carbocycles. The van der Waals surface area contributed by atoms with Crippen molar-refractivity contribution in [1.29, 1.82) is 0 Å². The molecule has 0 spiro atoms. The van der Waals surface area contributed by atoms with E-state index in [1.54, 1.807) is 103 Å². The van der Waals surface area contributed by atoms with Gasteiger partial charge in [-0.05, 0) is 156 Å². The number of pyridine rings is 5. The number of halogens is 5. The van der Waals surface area contributed by atoms with Gasteiger partial charge >= 0.3 is 114 Å². The number of nitrogens with zero attached hydrogens (tertiary/aromatic N) is 13. The number of carbonyl (C=O) groups excluding carboxylic acids is 6. The number of ether oxygens (including phenoxy) is 1. The third-order valence-electron chi connectivity index (χ3n) is 11.9. The quantitative estimate of drug-likeness (QED) is 0.0397. The van der Waals surface area contributed by atoms with Gasteiger partial charge in [0, 0.05) is 62.9 Å². The van der Waals surface area contributed by atoms with E-state index in [0.29, 0.717) is 90.0 Å². The second-order valence-corrected chi connectivity index (χ2v) is 26.7. The standard InChI is InChI=1S/C13H7Cl2N5.2C13H9N5O2.C13H13NO6.C9H9NO2.C2H4O3.Cl3OP.2K/c14-12-6-4-10(17-19-12)8-2-1-3-9(16-8)11-5-7-13(15)20-18-11;2*19-12-6-4-10(15-17-12)8-2-1-3-9(14-8)11-5-7-13(20)18-16-11;15-10(4-6-12(17)18)8-2-1-3-9(14-8)11(16)5-7-13(19)20;1-6(11)8-4-3-5-9(10-8)7(2)12;1-5-2(3)4;1-5(2,3)4;;/h1-7H;2*1-7H,(H,17,19)(H,18,20);1-3H,4-7H2,(H,17,18)(H,19,20);3-5H,1-2H3;1H3,(H,3,4);;;/q;;;;;;;2*+1/p-2. The molecule has 0 saturated carbocycles. The number of carboxylic acids is 2. The van der Waals surface area contributed by atoms with E-state index in [2.05, 4.69) is 125 Å². The Hall–Kier alpha value is -8.73. The minimum absolute atomic E-state index is 0. The van der Waals surface area contributed by atoms with Crippen molar-refractivity contribution in [2.45, 2.75) is 39.5 Å². The van der Waals surface area contributed by atoms with Gasteiger partial charge in [0.1, 0.15) is 56.9 Å². The number of aromatic nitrogens is 17. The Bertz CT molecular complexity index is 4560. The van der Waals surface area contributed by atoms with E-state index < -0.39 is 47.7 Å². The van der Waals surface area contributed by atoms with Gasteiger partial charge in [0.05, 0.1) is 41.3 Å². The van der Waals surface area contributed by atoms with Crippen LogP contribution in [0.2, 0.25) is 10.3 Å². The smallest absolute Gasteiger partial charge is 0.550 e. The topological polar surface area (TPSA) is 511 Å². The monoisotopic (exact) mass is 1580 g/mol. The summed E-state index contributed by atoms with van der Waals surface area (Å²) in [5.41, 5.74) is 6.78. The van der Waals surface area contributed by atoms with Crippen LogP contribution in [0.5, 0.6) is 0 Å². The second kappa shape index (κ2) is 46.2. The van der Waals surface area contributed by atoms with Crippen LogP contribution in [-0.2, 0) is 18.9 Å². The predicted molar refractivity (Wildman–Crippen MR) is 366 cm³/mol. The van der Waals surface area contributed by atoms with Crippen LogP contribution in [-0.4, -0.2) is 140 Å². The first kappa shape index (κ1) is 89.5. The number of hydrogen-bond donors (Lipinski definition) is 5. The number of aliphatic carboxylic acids is 2. The van der Waals surface area contributed by atoms with Crippen molar-refractivity contribution in [3.05, 3.63) is 238 Å². The molecule has 0 fully saturated rings. The van der Waals surface area contributed by atoms with Crippen molar-refractivity contribution in [1.82, 2.24) is 86.1 Å². The third kappa shape index (κ3) is 33.8. The fourth-order valence-corrected chi connectivity index (χ4v) is 7.47. The number of Topliss-reactive ketones (excluding diaryl/α,β-unsaturated/α-hetero) is 4. The summed E-state index contributed by atoms with van der Waals surface area (Å²) >= 11 is 25.3. The number of carbonyl (C=O) groups is 7. The molecule has 41 heteroatoms. The SMILES string of the molecule is CC(=O)c1cccc(C(C)=O)n1.COC(=O)O.Clc1ccc(-c2cccc(-c3ccc(Cl)nn3)n2)nn1.O=C([O-])CCC(=O)c1cccc(C(=O)CCC(=O)[O-])n1.O=P(Cl)(Cl)Cl.O=c1ccc(-c2cccc(-c3ccc(=O)[nH]n3)n2)n[nH]1.O=c1ccc(-c2cccc(-c3ccc(=O)[nH]n3)n2)n[nH]1.[K+].[K+]. The van der Waals surface area contributed by atoms with E-state index in [0.717, 1.165) is 7.11 Å². The van der Waals surface area contributed by atoms with Gasteiger partial charge in [0.25, 0.3) is 22.2 Å². The molecule has 104 heavy (non-hydrogen) atoms. The number of nitrogens with one attached hydrogen (secondary N) is 4. The van der Waals surface area contributed by atoms with E-state index in [1.165, 1.54) is 56.3 Å². The van der Waals surface area contributed by atoms with Crippen molar-refractivity contribution >= 4 is 103 Å². The normalized spacial score (nSPS) is 9.92. The summed E-state index contributed by atoms with van der Waals surface area (Å²) in [6.07, 6.45) is -2.64. The zero-order chi connectivity index (χ0) is 74.9. The maximum Gasteiger partial charge on any atom is 1.00 e. The second-order valence-electron chi connectivity index (χ2n) is 19.3. The summed E-state index contributed by atoms with van der Waals surface area (Å²) in [6, 6.07) is 44.0. The van der Waals surface area contributed by atoms with Gasteiger partial charge in [-0.2, -0.15) is 20.4 Å². The van der Waals surface area contributed by atoms with Crippen LogP contribution in [0.25, 0.3) is 68.3 Å². The fraction of sp³-hybridized carbons (Fsp3) is 0.111. The Morgan fingerprint density at radius 3 is 0.846 bits per heavy atom. The van der Waals surface area contributed by atoms with Crippen LogP contribution in [0.1, 0.15) is 81.5 Å². The van der Waals surface area contributed by atoms with E-state index in [1.807, 2.05) is 18.2 Å². The Morgan fingerprint density at radius 1 is 0.385 bits per heavy atom. The average molecular weight is 1590 g/mol. The van der Waals surface area contributed by atoms with Gasteiger partial charge in [-0.15, -0.1) is 20.4 Å². The zero-order valence-electron chi connectivity index (χ0n) is 54.6. The number of aromatic amines is 4. The number of rotatable bonds is 16. The van der Waals surface area contributed by atoms with Crippen molar-refractivity contribution in [2.24, 2.45) is 0 Å². The predicted octanol–water partition coefficient (Wildman–Crippen LogP) is 1.59. The van der Waals surface area contributed by atoms with Crippen LogP contribution >= 0.6 is 62.1 Å². The van der Waals surface area contributed by atoms with Gasteiger partial charge in [0.15, 0.2) is 33.4 Å². The van der Waals surface area contributed by atoms with Crippen LogP contribution in [0.3, 0.4) is 0 Å². The summed E-state index contributed by atoms with van der Waals surface area (Å²) in [4.78, 5) is 140. The van der Waals surface area contributed by atoms with E-state index in [-0.39, 0.29) is 161 Å². The number of hydrogen-bond acceptors (Lipinski definition) is 28. The molecule has 0 unspecified atom stereocenters. The largest absolute Gasteiger partial charge is 1.00 e. The van der Waals surface area contributed by atoms with E-state index in [4.69, 9.17) is 33.1 Å². The number of H-pyrrole nitrogens is 4. The molecule has 0 bridgehead atoms. The third-order valence-corrected chi connectivity index (χ3v) is 12.3. The van der Waals surface area contributed by atoms with E-state index >= 15 is 0 Å². The van der Waals surface area contributed by atoms with Crippen molar-refractivity contribution in [3.8, 4) is 68.3 Å². The van der Waals surface area contributed by atoms with Crippen LogP contribution in [0, 0.1) is 0 Å². The molecule has 11 heterocycles. The fourth-order valence-electron chi connectivity index (χ4n) is 7.27. The Kier molecular flexibility index (Phi) is 39.7. The number of methoxy groups -OCH3 is 1. The molecular formula is C63H49Cl5K2N17O16P. The Balaban J connectivity index is 0.000000327. The maximum atomic E-state index is 11.6. The summed E-state index contributed by atoms with van der Waals surface area (Å²) in [5.74, 6) is -4.00. The summed E-state index contributed by atoms with van der Waals surface area (Å²) in [6.45, 7) is 2.85. The molecule has 0 atom stereocenters. The van der Waals surface area contributed by atoms with Gasteiger partial charge in [-0.3, -0.25) is 42.9 Å². The molecular weight excluding hydrogens is 1540 g/mol. The van der Waals surface area contributed by atoms with Crippen molar-refractivity contribution < 1.29 is 161 Å². The molecule has 0 amide bonds. The molecule has 11 rings (SSSR count). The van der Waals surface area contributed by atoms with Gasteiger partial charge in [0.2, 0.25) is 0 Å². The van der Waals surface area contributed by atoms with Crippen LogP contribution in [0.4, 0.5) is 4.79 Å². The summed E-state index contributed by atoms with van der Waals surface area (Å²) < 4.78 is 13.2. The first-order valence-corrected chi connectivity index (χ1v) is 33.7. The average Bonchev–Trinajstić information content (AvgIpc) is 0.843. The molecule has 33 nitrogen and oxygen atoms in total. The first-order valence-electron chi connectivity index (χ1n) is 28.5. The number of carboxylic acid groups (broad SMARTS) is 3. The van der Waals surface area contributed by atoms with Crippen LogP contribution in [0.15, 0.2) is 183 Å². The van der Waals surface area contributed by atoms with E-state index in [9.17, 15) is 62.7 Å². The molecule has 0 aliphatic heterocycles. The van der Waals surface area contributed by atoms with Crippen molar-refractivity contribution in [2.75, 3.05) is 7.11 Å². The molecule has 0 radical (unpaired) electrons. The molecule has 0 aliphatic rings. The molecule has 0 aliphatic carbocycles. The van der Waals surface area contributed by atoms with Crippen molar-refractivity contribution in [3.63, 3.8) is 0 Å².